The van der Waals surface area contributed by atoms with Crippen molar-refractivity contribution in [2.24, 2.45) is 17.3 Å². The smallest absolute Gasteiger partial charge is 0.0521 e. The summed E-state index contributed by atoms with van der Waals surface area (Å²) in [5.41, 5.74) is 0.554. The minimum Gasteiger partial charge on any atom is -0.396 e. The Balaban J connectivity index is 2.00. The lowest BCUT2D eigenvalue weighted by Crippen LogP contribution is -2.36. The molecule has 0 unspecified atom stereocenters. The summed E-state index contributed by atoms with van der Waals surface area (Å²) in [7, 11) is 0. The van der Waals surface area contributed by atoms with Crippen molar-refractivity contribution in [1.29, 1.82) is 0 Å². The molecule has 0 heterocycles. The molecule has 0 radical (unpaired) electrons. The predicted molar refractivity (Wildman–Crippen MR) is 70.7 cm³/mol. The van der Waals surface area contributed by atoms with E-state index in [0.717, 1.165) is 17.6 Å². The molecule has 0 aromatic carbocycles. The molecule has 2 fully saturated rings. The molecular weight excluding hydrogens is 224 g/mol. The lowest BCUT2D eigenvalue weighted by Gasteiger charge is -2.36. The maximum Gasteiger partial charge on any atom is 0.0521 e. The standard InChI is InChI=1S/C12H22OS2/c1-11(2)8-6-10(15-5-4-13)12(3,14)7-9(8)11/h8-10,13-14H,4-7H2,1-3H3/t8-,9+,10+,12+/m1/s1. The van der Waals surface area contributed by atoms with Gasteiger partial charge in [-0.05, 0) is 37.0 Å². The Labute approximate surface area is 103 Å². The second-order valence-corrected chi connectivity index (χ2v) is 8.25. The molecule has 2 saturated carbocycles. The largest absolute Gasteiger partial charge is 0.396 e. The van der Waals surface area contributed by atoms with Crippen LogP contribution >= 0.6 is 24.4 Å². The van der Waals surface area contributed by atoms with Gasteiger partial charge >= 0.3 is 0 Å². The van der Waals surface area contributed by atoms with Gasteiger partial charge in [-0.3, -0.25) is 0 Å². The average molecular weight is 246 g/mol. The van der Waals surface area contributed by atoms with Crippen LogP contribution in [-0.4, -0.2) is 27.5 Å². The molecule has 0 bridgehead atoms. The molecule has 4 atom stereocenters. The van der Waals surface area contributed by atoms with Crippen LogP contribution in [0.1, 0.15) is 33.6 Å². The number of thiol groups is 1. The van der Waals surface area contributed by atoms with E-state index in [4.69, 9.17) is 17.7 Å². The van der Waals surface area contributed by atoms with E-state index in [1.807, 2.05) is 11.8 Å². The summed E-state index contributed by atoms with van der Waals surface area (Å²) < 4.78 is 0.161. The van der Waals surface area contributed by atoms with Crippen LogP contribution in [0.4, 0.5) is 0 Å². The Morgan fingerprint density at radius 3 is 2.60 bits per heavy atom. The molecule has 2 aliphatic rings. The van der Waals surface area contributed by atoms with Gasteiger partial charge in [0.15, 0.2) is 0 Å². The molecule has 1 nitrogen and oxygen atoms in total. The van der Waals surface area contributed by atoms with Crippen molar-refractivity contribution in [2.75, 3.05) is 12.4 Å². The van der Waals surface area contributed by atoms with E-state index < -0.39 is 0 Å². The fourth-order valence-electron chi connectivity index (χ4n) is 3.23. The Morgan fingerprint density at radius 1 is 1.33 bits per heavy atom. The van der Waals surface area contributed by atoms with Crippen LogP contribution in [-0.2, 0) is 0 Å². The highest BCUT2D eigenvalue weighted by atomic mass is 32.2. The van der Waals surface area contributed by atoms with Crippen molar-refractivity contribution in [3.05, 3.63) is 0 Å². The summed E-state index contributed by atoms with van der Waals surface area (Å²) in [5.74, 6) is 2.67. The van der Waals surface area contributed by atoms with Gasteiger partial charge in [0.1, 0.15) is 0 Å². The van der Waals surface area contributed by atoms with Crippen LogP contribution in [0, 0.1) is 17.3 Å². The zero-order chi connectivity index (χ0) is 11.3. The molecule has 0 aliphatic heterocycles. The molecule has 0 aromatic heterocycles. The van der Waals surface area contributed by atoms with Gasteiger partial charge in [-0.15, -0.1) is 0 Å². The van der Waals surface area contributed by atoms with Crippen molar-refractivity contribution in [1.82, 2.24) is 0 Å². The van der Waals surface area contributed by atoms with Crippen molar-refractivity contribution in [3.63, 3.8) is 0 Å². The maximum atomic E-state index is 8.90. The Morgan fingerprint density at radius 2 is 2.00 bits per heavy atom. The Hall–Kier alpha value is 0.660. The van der Waals surface area contributed by atoms with Gasteiger partial charge in [-0.25, -0.2) is 0 Å². The Bertz CT molecular complexity index is 250. The topological polar surface area (TPSA) is 20.2 Å². The summed E-state index contributed by atoms with van der Waals surface area (Å²) in [6, 6.07) is 0. The first kappa shape index (κ1) is 12.1. The van der Waals surface area contributed by atoms with Crippen LogP contribution in [0.15, 0.2) is 0 Å². The number of aliphatic hydroxyl groups excluding tert-OH is 1. The van der Waals surface area contributed by atoms with E-state index in [9.17, 15) is 0 Å². The minimum atomic E-state index is 0.161. The summed E-state index contributed by atoms with van der Waals surface area (Å²) in [5, 5.41) is 9.52. The molecule has 0 aromatic rings. The maximum absolute atomic E-state index is 8.90. The summed E-state index contributed by atoms with van der Waals surface area (Å²) >= 11 is 6.76. The molecule has 0 spiro atoms. The van der Waals surface area contributed by atoms with Crippen molar-refractivity contribution < 1.29 is 5.11 Å². The highest BCUT2D eigenvalue weighted by molar-refractivity contribution is 8.00. The number of rotatable bonds is 3. The molecule has 15 heavy (non-hydrogen) atoms. The molecule has 1 N–H and O–H groups in total. The number of hydrogen-bond acceptors (Lipinski definition) is 3. The lowest BCUT2D eigenvalue weighted by atomic mass is 9.89. The minimum absolute atomic E-state index is 0.161. The van der Waals surface area contributed by atoms with E-state index in [0.29, 0.717) is 17.3 Å². The van der Waals surface area contributed by atoms with E-state index in [1.54, 1.807) is 0 Å². The molecule has 88 valence electrons. The third-order valence-corrected chi connectivity index (χ3v) is 6.70. The lowest BCUT2D eigenvalue weighted by molar-refractivity contribution is 0.321. The monoisotopic (exact) mass is 246 g/mol. The quantitative estimate of drug-likeness (QED) is 0.747. The molecule has 3 heteroatoms. The second-order valence-electron chi connectivity index (χ2n) is 5.91. The fraction of sp³-hybridized carbons (Fsp3) is 1.00. The molecule has 2 rings (SSSR count). The number of hydrogen-bond donors (Lipinski definition) is 2. The number of fused-ring (bicyclic) bond motifs is 1. The molecule has 2 aliphatic carbocycles. The molecule has 0 saturated heterocycles. The van der Waals surface area contributed by atoms with Crippen LogP contribution in [0.3, 0.4) is 0 Å². The van der Waals surface area contributed by atoms with Crippen molar-refractivity contribution in [3.8, 4) is 0 Å². The summed E-state index contributed by atoms with van der Waals surface area (Å²) in [6.45, 7) is 7.36. The zero-order valence-corrected chi connectivity index (χ0v) is 11.6. The average Bonchev–Trinajstić information content (AvgIpc) is 2.62. The number of aliphatic hydroxyl groups is 1. The van der Waals surface area contributed by atoms with Gasteiger partial charge in [0.2, 0.25) is 0 Å². The third kappa shape index (κ3) is 2.07. The first-order valence-electron chi connectivity index (χ1n) is 5.84. The second kappa shape index (κ2) is 3.85. The molecule has 0 amide bonds. The van der Waals surface area contributed by atoms with Gasteiger partial charge in [-0.2, -0.15) is 24.4 Å². The normalized spacial score (nSPS) is 47.4. The fourth-order valence-corrected chi connectivity index (χ4v) is 4.95. The van der Waals surface area contributed by atoms with Crippen LogP contribution in [0.5, 0.6) is 0 Å². The molecular formula is C12H22OS2. The van der Waals surface area contributed by atoms with Crippen molar-refractivity contribution in [2.45, 2.75) is 43.6 Å². The highest BCUT2D eigenvalue weighted by Gasteiger charge is 2.63. The highest BCUT2D eigenvalue weighted by Crippen LogP contribution is 2.68. The first-order chi connectivity index (χ1) is 6.89. The number of thioether (sulfide) groups is 1. The third-order valence-electron chi connectivity index (χ3n) is 4.49. The Kier molecular flexibility index (Phi) is 3.11. The van der Waals surface area contributed by atoms with Crippen molar-refractivity contribution >= 4 is 24.4 Å². The van der Waals surface area contributed by atoms with E-state index in [1.165, 1.54) is 12.8 Å². The van der Waals surface area contributed by atoms with Crippen LogP contribution < -0.4 is 0 Å². The van der Waals surface area contributed by atoms with Gasteiger partial charge in [0, 0.05) is 15.7 Å². The zero-order valence-electron chi connectivity index (χ0n) is 9.86. The SMILES string of the molecule is CC1(C)[C@@H]2C[C@H](SCCO)[C@@](C)(S)C[C@@H]21. The van der Waals surface area contributed by atoms with E-state index in [-0.39, 0.29) is 4.75 Å². The van der Waals surface area contributed by atoms with Crippen LogP contribution in [0.25, 0.3) is 0 Å². The van der Waals surface area contributed by atoms with E-state index in [2.05, 4.69) is 20.8 Å². The van der Waals surface area contributed by atoms with Crippen LogP contribution in [0.2, 0.25) is 0 Å². The van der Waals surface area contributed by atoms with Gasteiger partial charge < -0.3 is 5.11 Å². The first-order valence-corrected chi connectivity index (χ1v) is 7.34. The van der Waals surface area contributed by atoms with Gasteiger partial charge in [-0.1, -0.05) is 13.8 Å². The summed E-state index contributed by atoms with van der Waals surface area (Å²) in [6.07, 6.45) is 2.54. The van der Waals surface area contributed by atoms with Gasteiger partial charge in [0.25, 0.3) is 0 Å². The predicted octanol–water partition coefficient (Wildman–Crippen LogP) is 2.84. The van der Waals surface area contributed by atoms with Gasteiger partial charge in [0.05, 0.1) is 6.61 Å². The van der Waals surface area contributed by atoms with E-state index >= 15 is 0 Å². The summed E-state index contributed by atoms with van der Waals surface area (Å²) in [4.78, 5) is 0.